The highest BCUT2D eigenvalue weighted by atomic mass is 16.5. The highest BCUT2D eigenvalue weighted by molar-refractivity contribution is 6.03. The van der Waals surface area contributed by atoms with Crippen LogP contribution >= 0.6 is 0 Å². The van der Waals surface area contributed by atoms with Gasteiger partial charge in [-0.15, -0.1) is 0 Å². The summed E-state index contributed by atoms with van der Waals surface area (Å²) < 4.78 is 5.09. The minimum Gasteiger partial charge on any atom is -0.497 e. The van der Waals surface area contributed by atoms with Crippen LogP contribution in [-0.4, -0.2) is 38.7 Å². The molecule has 0 atom stereocenters. The number of methoxy groups -OCH3 is 1. The summed E-state index contributed by atoms with van der Waals surface area (Å²) in [4.78, 5) is 20.1. The van der Waals surface area contributed by atoms with E-state index >= 15 is 0 Å². The van der Waals surface area contributed by atoms with Crippen molar-refractivity contribution in [3.8, 4) is 5.75 Å². The Labute approximate surface area is 149 Å². The van der Waals surface area contributed by atoms with Crippen LogP contribution < -0.4 is 10.1 Å². The van der Waals surface area contributed by atoms with Crippen molar-refractivity contribution in [3.63, 3.8) is 0 Å². The van der Waals surface area contributed by atoms with E-state index in [2.05, 4.69) is 21.9 Å². The fourth-order valence-electron chi connectivity index (χ4n) is 1.84. The molecule has 0 aliphatic heterocycles. The highest BCUT2D eigenvalue weighted by Crippen LogP contribution is 2.11. The lowest BCUT2D eigenvalue weighted by molar-refractivity contribution is 0.0957. The quantitative estimate of drug-likeness (QED) is 0.447. The van der Waals surface area contributed by atoms with E-state index in [4.69, 9.17) is 4.74 Å². The monoisotopic (exact) mass is 339 g/mol. The molecule has 5 nitrogen and oxygen atoms in total. The zero-order valence-electron chi connectivity index (χ0n) is 15.2. The second-order valence-corrected chi connectivity index (χ2v) is 5.22. The molecule has 0 spiro atoms. The first-order valence-electron chi connectivity index (χ1n) is 7.91. The number of ether oxygens (including phenoxy) is 1. The summed E-state index contributed by atoms with van der Waals surface area (Å²) in [5, 5.41) is 2.89. The Balaban J connectivity index is 2.62. The van der Waals surface area contributed by atoms with Crippen molar-refractivity contribution in [1.29, 1.82) is 0 Å². The molecule has 1 aromatic carbocycles. The minimum atomic E-state index is -0.133. The summed E-state index contributed by atoms with van der Waals surface area (Å²) in [6.45, 7) is 8.19. The van der Waals surface area contributed by atoms with E-state index in [0.29, 0.717) is 12.1 Å². The SMILES string of the molecule is C=C(/C=C\C(=C/C)CNC(=O)c1ccc(OC)cc1)C(C)=NC=NC. The van der Waals surface area contributed by atoms with Crippen LogP contribution in [0.25, 0.3) is 0 Å². The number of rotatable bonds is 8. The Bertz CT molecular complexity index is 711. The van der Waals surface area contributed by atoms with Crippen LogP contribution in [0.15, 0.2) is 70.2 Å². The Morgan fingerprint density at radius 2 is 1.96 bits per heavy atom. The molecule has 0 saturated heterocycles. The lowest BCUT2D eigenvalue weighted by atomic mass is 10.1. The number of allylic oxidation sites excluding steroid dienone is 3. The second-order valence-electron chi connectivity index (χ2n) is 5.22. The van der Waals surface area contributed by atoms with Gasteiger partial charge in [-0.25, -0.2) is 4.99 Å². The van der Waals surface area contributed by atoms with Crippen molar-refractivity contribution in [2.24, 2.45) is 9.98 Å². The number of carbonyl (C=O) groups excluding carboxylic acids is 1. The molecule has 1 amide bonds. The van der Waals surface area contributed by atoms with Crippen molar-refractivity contribution >= 4 is 18.0 Å². The number of nitrogens with one attached hydrogen (secondary N) is 1. The topological polar surface area (TPSA) is 63.0 Å². The molecule has 1 rings (SSSR count). The molecular weight excluding hydrogens is 314 g/mol. The number of hydrogen-bond acceptors (Lipinski definition) is 3. The zero-order chi connectivity index (χ0) is 18.7. The number of carbonyl (C=O) groups is 1. The summed E-state index contributed by atoms with van der Waals surface area (Å²) >= 11 is 0. The Morgan fingerprint density at radius 1 is 1.28 bits per heavy atom. The first kappa shape index (κ1) is 20.1. The van der Waals surface area contributed by atoms with Gasteiger partial charge in [0.25, 0.3) is 5.91 Å². The van der Waals surface area contributed by atoms with Crippen molar-refractivity contribution in [1.82, 2.24) is 5.32 Å². The maximum atomic E-state index is 12.2. The Hall–Kier alpha value is -2.95. The Kier molecular flexibility index (Phi) is 8.65. The van der Waals surface area contributed by atoms with E-state index in [9.17, 15) is 4.79 Å². The van der Waals surface area contributed by atoms with Crippen LogP contribution in [0.5, 0.6) is 5.75 Å². The van der Waals surface area contributed by atoms with E-state index in [-0.39, 0.29) is 5.91 Å². The first-order chi connectivity index (χ1) is 12.0. The number of nitrogens with zero attached hydrogens (tertiary/aromatic N) is 2. The summed E-state index contributed by atoms with van der Waals surface area (Å²) in [6, 6.07) is 6.99. The molecule has 0 heterocycles. The third-order valence-electron chi connectivity index (χ3n) is 3.51. The summed E-state index contributed by atoms with van der Waals surface area (Å²) in [5.74, 6) is 0.587. The number of hydrogen-bond donors (Lipinski definition) is 1. The molecule has 25 heavy (non-hydrogen) atoms. The van der Waals surface area contributed by atoms with Crippen LogP contribution in [0.2, 0.25) is 0 Å². The maximum Gasteiger partial charge on any atom is 0.251 e. The first-order valence-corrected chi connectivity index (χ1v) is 7.91. The number of aliphatic imine (C=N–C) groups is 2. The molecule has 0 aliphatic rings. The second kappa shape index (κ2) is 10.8. The lowest BCUT2D eigenvalue weighted by Crippen LogP contribution is -2.25. The van der Waals surface area contributed by atoms with E-state index in [0.717, 1.165) is 22.6 Å². The van der Waals surface area contributed by atoms with Crippen LogP contribution in [0.1, 0.15) is 24.2 Å². The number of benzene rings is 1. The Morgan fingerprint density at radius 3 is 2.52 bits per heavy atom. The molecule has 0 aromatic heterocycles. The molecule has 0 saturated carbocycles. The van der Waals surface area contributed by atoms with Crippen molar-refractivity contribution in [2.75, 3.05) is 20.7 Å². The summed E-state index contributed by atoms with van der Waals surface area (Å²) in [6.07, 6.45) is 7.22. The van der Waals surface area contributed by atoms with Crippen molar-refractivity contribution in [3.05, 3.63) is 65.8 Å². The highest BCUT2D eigenvalue weighted by Gasteiger charge is 2.05. The van der Waals surface area contributed by atoms with Gasteiger partial charge in [-0.2, -0.15) is 0 Å². The van der Waals surface area contributed by atoms with Gasteiger partial charge < -0.3 is 10.1 Å². The standard InChI is InChI=1S/C20H25N3O2/c1-6-17(8-7-15(2)16(3)23-14-21-4)13-22-20(24)18-9-11-19(25-5)12-10-18/h6-12,14H,2,13H2,1,3-5H3,(H,22,24)/b8-7-,17-6+,21-14?,23-16?. The molecule has 1 N–H and O–H groups in total. The molecule has 1 aromatic rings. The lowest BCUT2D eigenvalue weighted by Gasteiger charge is -2.07. The normalized spacial score (nSPS) is 12.6. The predicted octanol–water partition coefficient (Wildman–Crippen LogP) is 3.60. The van der Waals surface area contributed by atoms with Gasteiger partial charge in [0.05, 0.1) is 7.11 Å². The smallest absolute Gasteiger partial charge is 0.251 e. The predicted molar refractivity (Wildman–Crippen MR) is 105 cm³/mol. The molecule has 0 radical (unpaired) electrons. The van der Waals surface area contributed by atoms with E-state index in [1.54, 1.807) is 38.4 Å². The maximum absolute atomic E-state index is 12.2. The third-order valence-corrected chi connectivity index (χ3v) is 3.51. The van der Waals surface area contributed by atoms with E-state index in [1.807, 2.05) is 32.1 Å². The average Bonchev–Trinajstić information content (AvgIpc) is 2.65. The van der Waals surface area contributed by atoms with Gasteiger partial charge in [-0.05, 0) is 49.3 Å². The molecule has 5 heteroatoms. The van der Waals surface area contributed by atoms with Crippen LogP contribution in [0.4, 0.5) is 0 Å². The fourth-order valence-corrected chi connectivity index (χ4v) is 1.84. The zero-order valence-corrected chi connectivity index (χ0v) is 15.2. The van der Waals surface area contributed by atoms with Gasteiger partial charge in [-0.1, -0.05) is 24.8 Å². The van der Waals surface area contributed by atoms with Gasteiger partial charge in [0.15, 0.2) is 0 Å². The van der Waals surface area contributed by atoms with Crippen molar-refractivity contribution < 1.29 is 9.53 Å². The fraction of sp³-hybridized carbons (Fsp3) is 0.250. The van der Waals surface area contributed by atoms with Gasteiger partial charge in [0.1, 0.15) is 12.1 Å². The molecular formula is C20H25N3O2. The van der Waals surface area contributed by atoms with Crippen molar-refractivity contribution in [2.45, 2.75) is 13.8 Å². The molecule has 0 unspecified atom stereocenters. The third kappa shape index (κ3) is 6.99. The van der Waals surface area contributed by atoms with Gasteiger partial charge in [-0.3, -0.25) is 9.79 Å². The van der Waals surface area contributed by atoms with Gasteiger partial charge >= 0.3 is 0 Å². The van der Waals surface area contributed by atoms with Gasteiger partial charge in [0.2, 0.25) is 0 Å². The molecule has 0 bridgehead atoms. The van der Waals surface area contributed by atoms with E-state index < -0.39 is 0 Å². The largest absolute Gasteiger partial charge is 0.497 e. The van der Waals surface area contributed by atoms with Gasteiger partial charge in [0, 0.05) is 24.9 Å². The molecule has 0 aliphatic carbocycles. The summed E-state index contributed by atoms with van der Waals surface area (Å²) in [7, 11) is 3.26. The van der Waals surface area contributed by atoms with Crippen LogP contribution in [0, 0.1) is 0 Å². The van der Waals surface area contributed by atoms with E-state index in [1.165, 1.54) is 6.34 Å². The van der Waals surface area contributed by atoms with Crippen LogP contribution in [-0.2, 0) is 0 Å². The van der Waals surface area contributed by atoms with Crippen LogP contribution in [0.3, 0.4) is 0 Å². The summed E-state index contributed by atoms with van der Waals surface area (Å²) in [5.41, 5.74) is 3.15. The molecule has 132 valence electrons. The number of amides is 1. The minimum absolute atomic E-state index is 0.133. The molecule has 0 fully saturated rings. The average molecular weight is 339 g/mol.